The van der Waals surface area contributed by atoms with E-state index in [0.717, 1.165) is 17.7 Å². The minimum Gasteiger partial charge on any atom is -0.468 e. The smallest absolute Gasteiger partial charge is 0.291 e. The maximum atomic E-state index is 12.8. The summed E-state index contributed by atoms with van der Waals surface area (Å²) in [6.45, 7) is 14.9. The summed E-state index contributed by atoms with van der Waals surface area (Å²) in [7, 11) is 1.56. The van der Waals surface area contributed by atoms with E-state index in [1.54, 1.807) is 14.0 Å². The SMILES string of the molecule is CC[C@@H]1[C@]2(C)C=C(C)C=C(C)[C@@H]2[C@@]1(C)c1oc(OC)c(C)c(=O)c1C. The lowest BCUT2D eigenvalue weighted by Gasteiger charge is -2.67. The Morgan fingerprint density at radius 2 is 1.80 bits per heavy atom. The van der Waals surface area contributed by atoms with Crippen LogP contribution in [0.4, 0.5) is 0 Å². The van der Waals surface area contributed by atoms with Gasteiger partial charge in [0.2, 0.25) is 0 Å². The molecule has 4 atom stereocenters. The average molecular weight is 342 g/mol. The Balaban J connectivity index is 2.26. The molecule has 3 heteroatoms. The van der Waals surface area contributed by atoms with Crippen LogP contribution in [0.5, 0.6) is 5.95 Å². The first-order chi connectivity index (χ1) is 11.6. The van der Waals surface area contributed by atoms with Gasteiger partial charge in [-0.25, -0.2) is 0 Å². The first-order valence-corrected chi connectivity index (χ1v) is 9.19. The molecule has 136 valence electrons. The van der Waals surface area contributed by atoms with Crippen molar-refractivity contribution in [1.29, 1.82) is 0 Å². The molecule has 2 aliphatic carbocycles. The fraction of sp³-hybridized carbons (Fsp3) is 0.591. The molecule has 0 amide bonds. The standard InChI is InChI=1S/C22H30O3/c1-9-16-21(6)11-12(2)10-13(3)18(21)22(16,7)19-14(4)17(23)15(5)20(24-8)25-19/h10-11,16,18H,9H2,1-8H3/t16-,18+,21+,22+/m1/s1. The average Bonchev–Trinajstić information content (AvgIpc) is 2.51. The highest BCUT2D eigenvalue weighted by Crippen LogP contribution is 2.70. The van der Waals surface area contributed by atoms with Crippen molar-refractivity contribution < 1.29 is 9.15 Å². The molecule has 0 unspecified atom stereocenters. The van der Waals surface area contributed by atoms with Crippen molar-refractivity contribution >= 4 is 0 Å². The number of methoxy groups -OCH3 is 1. The van der Waals surface area contributed by atoms with Crippen molar-refractivity contribution in [2.75, 3.05) is 7.11 Å². The van der Waals surface area contributed by atoms with Crippen LogP contribution in [0.1, 0.15) is 57.9 Å². The Morgan fingerprint density at radius 1 is 1.16 bits per heavy atom. The van der Waals surface area contributed by atoms with Crippen LogP contribution in [0, 0.1) is 31.1 Å². The molecule has 1 aromatic rings. The van der Waals surface area contributed by atoms with Gasteiger partial charge in [-0.3, -0.25) is 4.79 Å². The molecule has 3 rings (SSSR count). The Kier molecular flexibility index (Phi) is 4.05. The third-order valence-electron chi connectivity index (χ3n) is 6.75. The number of hydrogen-bond acceptors (Lipinski definition) is 3. The monoisotopic (exact) mass is 342 g/mol. The van der Waals surface area contributed by atoms with Gasteiger partial charge in [0.25, 0.3) is 5.95 Å². The molecule has 1 heterocycles. The summed E-state index contributed by atoms with van der Waals surface area (Å²) in [4.78, 5) is 12.8. The van der Waals surface area contributed by atoms with Gasteiger partial charge in [-0.2, -0.15) is 0 Å². The lowest BCUT2D eigenvalue weighted by atomic mass is 9.36. The van der Waals surface area contributed by atoms with Gasteiger partial charge in [-0.05, 0) is 39.0 Å². The normalized spacial score (nSPS) is 33.9. The first-order valence-electron chi connectivity index (χ1n) is 9.19. The molecule has 3 nitrogen and oxygen atoms in total. The van der Waals surface area contributed by atoms with Crippen LogP contribution in [-0.4, -0.2) is 7.11 Å². The molecule has 1 fully saturated rings. The summed E-state index contributed by atoms with van der Waals surface area (Å²) in [5.74, 6) is 1.90. The molecule has 0 saturated heterocycles. The number of rotatable bonds is 3. The molecule has 0 bridgehead atoms. The van der Waals surface area contributed by atoms with Crippen molar-refractivity contribution in [2.24, 2.45) is 17.3 Å². The van der Waals surface area contributed by atoms with Crippen LogP contribution in [0.2, 0.25) is 0 Å². The van der Waals surface area contributed by atoms with Crippen LogP contribution in [-0.2, 0) is 5.41 Å². The van der Waals surface area contributed by atoms with Crippen LogP contribution in [0.3, 0.4) is 0 Å². The summed E-state index contributed by atoms with van der Waals surface area (Å²) in [5.41, 5.74) is 3.91. The predicted molar refractivity (Wildman–Crippen MR) is 101 cm³/mol. The molecule has 25 heavy (non-hydrogen) atoms. The topological polar surface area (TPSA) is 39.4 Å². The van der Waals surface area contributed by atoms with Crippen molar-refractivity contribution in [3.8, 4) is 5.95 Å². The van der Waals surface area contributed by atoms with E-state index in [1.165, 1.54) is 11.1 Å². The molecule has 1 saturated carbocycles. The van der Waals surface area contributed by atoms with Gasteiger partial charge in [0, 0.05) is 16.9 Å². The zero-order valence-electron chi connectivity index (χ0n) is 16.7. The van der Waals surface area contributed by atoms with Gasteiger partial charge in [0.1, 0.15) is 5.76 Å². The lowest BCUT2D eigenvalue weighted by molar-refractivity contribution is -0.0915. The van der Waals surface area contributed by atoms with Crippen molar-refractivity contribution in [1.82, 2.24) is 0 Å². The third kappa shape index (κ3) is 2.14. The van der Waals surface area contributed by atoms with E-state index < -0.39 is 0 Å². The van der Waals surface area contributed by atoms with Crippen LogP contribution >= 0.6 is 0 Å². The summed E-state index contributed by atoms with van der Waals surface area (Å²) in [5, 5.41) is 0. The third-order valence-corrected chi connectivity index (χ3v) is 6.75. The van der Waals surface area contributed by atoms with Gasteiger partial charge in [-0.1, -0.05) is 50.5 Å². The summed E-state index contributed by atoms with van der Waals surface area (Å²) < 4.78 is 11.6. The molecule has 0 N–H and O–H groups in total. The highest BCUT2D eigenvalue weighted by Gasteiger charge is 2.67. The Labute approximate surface area is 150 Å². The molecular formula is C22H30O3. The molecule has 0 spiro atoms. The largest absolute Gasteiger partial charge is 0.468 e. The fourth-order valence-corrected chi connectivity index (χ4v) is 6.31. The van der Waals surface area contributed by atoms with E-state index in [1.807, 2.05) is 6.92 Å². The van der Waals surface area contributed by atoms with E-state index in [4.69, 9.17) is 9.15 Å². The zero-order valence-corrected chi connectivity index (χ0v) is 16.7. The fourth-order valence-electron chi connectivity index (χ4n) is 6.31. The van der Waals surface area contributed by atoms with Gasteiger partial charge in [0.15, 0.2) is 5.43 Å². The minimum atomic E-state index is -0.203. The Hall–Kier alpha value is -1.77. The van der Waals surface area contributed by atoms with Crippen LogP contribution in [0.15, 0.2) is 32.5 Å². The zero-order chi connectivity index (χ0) is 18.7. The quantitative estimate of drug-likeness (QED) is 0.768. The molecule has 2 aliphatic rings. The van der Waals surface area contributed by atoms with Gasteiger partial charge in [-0.15, -0.1) is 0 Å². The second-order valence-corrected chi connectivity index (χ2v) is 8.32. The van der Waals surface area contributed by atoms with Crippen LogP contribution in [0.25, 0.3) is 0 Å². The second-order valence-electron chi connectivity index (χ2n) is 8.32. The maximum absolute atomic E-state index is 12.8. The van der Waals surface area contributed by atoms with E-state index in [-0.39, 0.29) is 16.3 Å². The summed E-state index contributed by atoms with van der Waals surface area (Å²) in [6.07, 6.45) is 5.73. The molecule has 1 aromatic heterocycles. The van der Waals surface area contributed by atoms with E-state index in [2.05, 4.69) is 46.8 Å². The maximum Gasteiger partial charge on any atom is 0.291 e. The summed E-state index contributed by atoms with van der Waals surface area (Å²) >= 11 is 0. The van der Waals surface area contributed by atoms with Crippen molar-refractivity contribution in [2.45, 2.75) is 60.3 Å². The molecule has 0 aromatic carbocycles. The Morgan fingerprint density at radius 3 is 2.36 bits per heavy atom. The van der Waals surface area contributed by atoms with E-state index in [9.17, 15) is 4.79 Å². The number of ether oxygens (including phenoxy) is 1. The minimum absolute atomic E-state index is 0.0342. The van der Waals surface area contributed by atoms with Gasteiger partial charge >= 0.3 is 0 Å². The first kappa shape index (κ1) is 18.0. The Bertz CT molecular complexity index is 842. The van der Waals surface area contributed by atoms with Gasteiger partial charge in [0.05, 0.1) is 12.7 Å². The van der Waals surface area contributed by atoms with Crippen LogP contribution < -0.4 is 10.2 Å². The molecular weight excluding hydrogens is 312 g/mol. The van der Waals surface area contributed by atoms with Gasteiger partial charge < -0.3 is 9.15 Å². The molecule has 0 aliphatic heterocycles. The number of hydrogen-bond donors (Lipinski definition) is 0. The number of allylic oxidation sites excluding steroid dienone is 4. The predicted octanol–water partition coefficient (Wildman–Crippen LogP) is 5.09. The van der Waals surface area contributed by atoms with Crippen molar-refractivity contribution in [3.63, 3.8) is 0 Å². The second kappa shape index (κ2) is 5.62. The lowest BCUT2D eigenvalue weighted by Crippen LogP contribution is -2.65. The van der Waals surface area contributed by atoms with E-state index >= 15 is 0 Å². The molecule has 0 radical (unpaired) electrons. The highest BCUT2D eigenvalue weighted by atomic mass is 16.6. The number of fused-ring (bicyclic) bond motifs is 1. The van der Waals surface area contributed by atoms with E-state index in [0.29, 0.717) is 23.3 Å². The van der Waals surface area contributed by atoms with Crippen molar-refractivity contribution in [3.05, 3.63) is 50.4 Å². The summed E-state index contributed by atoms with van der Waals surface area (Å²) in [6, 6.07) is 0. The highest BCUT2D eigenvalue weighted by molar-refractivity contribution is 5.47.